The molecule has 1 aromatic carbocycles. The monoisotopic (exact) mass is 428 g/mol. The molecule has 0 amide bonds. The van der Waals surface area contributed by atoms with E-state index in [9.17, 15) is 13.2 Å². The molecule has 0 unspecified atom stereocenters. The minimum Gasteiger partial charge on any atom is -0.535 e. The predicted molar refractivity (Wildman–Crippen MR) is 117 cm³/mol. The number of nitrogens with one attached hydrogen (secondary N) is 2. The van der Waals surface area contributed by atoms with Crippen molar-refractivity contribution < 1.29 is 17.9 Å². The molecule has 1 rings (SSSR count). The molecule has 0 radical (unpaired) electrons. The summed E-state index contributed by atoms with van der Waals surface area (Å²) in [5.74, 6) is -0.353. The zero-order valence-corrected chi connectivity index (χ0v) is 17.9. The Hall–Kier alpha value is -1.69. The van der Waals surface area contributed by atoms with Crippen LogP contribution in [0.3, 0.4) is 0 Å². The Morgan fingerprint density at radius 2 is 1.96 bits per heavy atom. The van der Waals surface area contributed by atoms with Gasteiger partial charge in [0.2, 0.25) is 10.0 Å². The lowest BCUT2D eigenvalue weighted by atomic mass is 9.62. The van der Waals surface area contributed by atoms with Gasteiger partial charge in [0.15, 0.2) is 5.11 Å². The van der Waals surface area contributed by atoms with E-state index in [1.165, 1.54) is 12.1 Å². The molecule has 156 valence electrons. The highest BCUT2D eigenvalue weighted by Crippen LogP contribution is 2.14. The Morgan fingerprint density at radius 1 is 1.29 bits per heavy atom. The summed E-state index contributed by atoms with van der Waals surface area (Å²) in [5, 5.41) is 11.4. The molecule has 0 saturated heterocycles. The van der Waals surface area contributed by atoms with Gasteiger partial charge in [-0.1, -0.05) is 19.9 Å². The summed E-state index contributed by atoms with van der Waals surface area (Å²) >= 11 is 5.19. The molecule has 0 bridgehead atoms. The van der Waals surface area contributed by atoms with Gasteiger partial charge in [-0.05, 0) is 62.3 Å². The summed E-state index contributed by atoms with van der Waals surface area (Å²) in [6, 6.07) is 5.47. The summed E-state index contributed by atoms with van der Waals surface area (Å²) in [6.45, 7) is 4.47. The molecular formula is C17H29BN4O4S2. The van der Waals surface area contributed by atoms with E-state index in [4.69, 9.17) is 27.7 Å². The molecule has 11 heteroatoms. The van der Waals surface area contributed by atoms with Crippen molar-refractivity contribution in [3.63, 3.8) is 0 Å². The minimum absolute atomic E-state index is 0.00885. The smallest absolute Gasteiger partial charge is 0.361 e. The summed E-state index contributed by atoms with van der Waals surface area (Å²) in [6.07, 6.45) is 3.62. The number of rotatable bonds is 11. The maximum absolute atomic E-state index is 11.9. The second-order valence-electron chi connectivity index (χ2n) is 6.43. The van der Waals surface area contributed by atoms with Crippen molar-refractivity contribution in [3.05, 3.63) is 24.3 Å². The van der Waals surface area contributed by atoms with Crippen LogP contribution in [0.2, 0.25) is 12.6 Å². The molecule has 0 aliphatic rings. The van der Waals surface area contributed by atoms with Crippen LogP contribution in [0, 0.1) is 0 Å². The van der Waals surface area contributed by atoms with Crippen LogP contribution in [0.15, 0.2) is 29.2 Å². The number of thiocarbonyl (C=S) groups is 1. The second kappa shape index (κ2) is 12.0. The van der Waals surface area contributed by atoms with Gasteiger partial charge < -0.3 is 21.0 Å². The maximum atomic E-state index is 11.9. The summed E-state index contributed by atoms with van der Waals surface area (Å²) in [4.78, 5) is 11.9. The van der Waals surface area contributed by atoms with Crippen LogP contribution in [0.4, 0.5) is 5.69 Å². The van der Waals surface area contributed by atoms with Crippen molar-refractivity contribution in [1.29, 1.82) is 0 Å². The van der Waals surface area contributed by atoms with Gasteiger partial charge in [0.05, 0.1) is 4.90 Å². The third kappa shape index (κ3) is 9.00. The Labute approximate surface area is 172 Å². The van der Waals surface area contributed by atoms with E-state index >= 15 is 0 Å². The highest BCUT2D eigenvalue weighted by molar-refractivity contribution is 7.89. The van der Waals surface area contributed by atoms with Gasteiger partial charge in [-0.25, -0.2) is 13.6 Å². The maximum Gasteiger partial charge on any atom is 0.361 e. The van der Waals surface area contributed by atoms with Gasteiger partial charge in [0.25, 0.3) is 0 Å². The van der Waals surface area contributed by atoms with Crippen LogP contribution in [0.1, 0.15) is 33.1 Å². The molecular weight excluding hydrogens is 399 g/mol. The first-order valence-corrected chi connectivity index (χ1v) is 11.3. The fourth-order valence-electron chi connectivity index (χ4n) is 2.44. The van der Waals surface area contributed by atoms with Crippen LogP contribution in [-0.4, -0.2) is 39.0 Å². The van der Waals surface area contributed by atoms with Crippen molar-refractivity contribution in [2.75, 3.05) is 11.9 Å². The highest BCUT2D eigenvalue weighted by Gasteiger charge is 2.20. The van der Waals surface area contributed by atoms with Crippen LogP contribution in [-0.2, 0) is 19.5 Å². The number of unbranched alkanes of at least 4 members (excludes halogenated alkanes) is 1. The van der Waals surface area contributed by atoms with E-state index in [-0.39, 0.29) is 17.8 Å². The topological polar surface area (TPSA) is 137 Å². The van der Waals surface area contributed by atoms with E-state index < -0.39 is 16.1 Å². The van der Waals surface area contributed by atoms with E-state index in [1.54, 1.807) is 12.1 Å². The van der Waals surface area contributed by atoms with Gasteiger partial charge in [0, 0.05) is 12.2 Å². The van der Waals surface area contributed by atoms with Gasteiger partial charge in [-0.15, -0.1) is 0 Å². The number of anilines is 1. The molecule has 0 fully saturated rings. The first-order chi connectivity index (χ1) is 13.2. The third-order valence-electron chi connectivity index (χ3n) is 4.14. The average molecular weight is 428 g/mol. The largest absolute Gasteiger partial charge is 0.535 e. The fraction of sp³-hybridized carbons (Fsp3) is 0.529. The molecule has 8 nitrogen and oxygen atoms in total. The first-order valence-electron chi connectivity index (χ1n) is 9.31. The van der Waals surface area contributed by atoms with Crippen LogP contribution >= 0.6 is 12.2 Å². The zero-order valence-electron chi connectivity index (χ0n) is 16.3. The van der Waals surface area contributed by atoms with Crippen LogP contribution in [0.5, 0.6) is 0 Å². The number of carbonyl (C=O) groups excluding carboxylic acids is 1. The first kappa shape index (κ1) is 24.4. The SMILES string of the molecule is CCB(CC)OC(=O)[C@H](N)CCCCNC(=S)Nc1cccc(S(N)(=O)=O)c1. The van der Waals surface area contributed by atoms with Gasteiger partial charge in [0.1, 0.15) is 6.04 Å². The van der Waals surface area contributed by atoms with E-state index in [0.29, 0.717) is 23.8 Å². The lowest BCUT2D eigenvalue weighted by molar-refractivity contribution is -0.136. The number of sulfonamides is 1. The Kier molecular flexibility index (Phi) is 10.4. The summed E-state index contributed by atoms with van der Waals surface area (Å²) in [5.41, 5.74) is 6.40. The third-order valence-corrected chi connectivity index (χ3v) is 5.30. The Balaban J connectivity index is 2.29. The van der Waals surface area contributed by atoms with Crippen molar-refractivity contribution in [3.8, 4) is 0 Å². The summed E-state index contributed by atoms with van der Waals surface area (Å²) < 4.78 is 28.1. The molecule has 0 aromatic heterocycles. The number of nitrogens with two attached hydrogens (primary N) is 2. The molecule has 0 saturated carbocycles. The molecule has 1 atom stereocenters. The Bertz CT molecular complexity index is 757. The van der Waals surface area contributed by atoms with Crippen molar-refractivity contribution >= 4 is 45.9 Å². The summed E-state index contributed by atoms with van der Waals surface area (Å²) in [7, 11) is -3.77. The number of hydrogen-bond donors (Lipinski definition) is 4. The molecule has 0 spiro atoms. The molecule has 0 aliphatic heterocycles. The van der Waals surface area contributed by atoms with Crippen molar-refractivity contribution in [2.45, 2.75) is 56.7 Å². The normalized spacial score (nSPS) is 12.1. The quantitative estimate of drug-likeness (QED) is 0.237. The van der Waals surface area contributed by atoms with Gasteiger partial charge >= 0.3 is 12.9 Å². The standard InChI is InChI=1S/C17H29BN4O4S2/c1-3-18(4-2)26-16(23)15(19)10-5-6-11-21-17(27)22-13-8-7-9-14(12-13)28(20,24)25/h7-9,12,15H,3-6,10-11,19H2,1-2H3,(H2,20,24,25)(H2,21,22,27)/t15-/m1/s1. The zero-order chi connectivity index (χ0) is 21.2. The highest BCUT2D eigenvalue weighted by atomic mass is 32.2. The number of carbonyl (C=O) groups is 1. The Morgan fingerprint density at radius 3 is 2.57 bits per heavy atom. The molecule has 28 heavy (non-hydrogen) atoms. The lowest BCUT2D eigenvalue weighted by Crippen LogP contribution is -2.36. The number of benzene rings is 1. The van der Waals surface area contributed by atoms with E-state index in [1.807, 2.05) is 13.8 Å². The number of hydrogen-bond acceptors (Lipinski definition) is 6. The fourth-order valence-corrected chi connectivity index (χ4v) is 3.22. The molecule has 0 aliphatic carbocycles. The average Bonchev–Trinajstić information content (AvgIpc) is 2.64. The number of primary sulfonamides is 1. The van der Waals surface area contributed by atoms with Crippen molar-refractivity contribution in [1.82, 2.24) is 5.32 Å². The van der Waals surface area contributed by atoms with E-state index in [0.717, 1.165) is 25.5 Å². The van der Waals surface area contributed by atoms with Gasteiger partial charge in [-0.3, -0.25) is 4.79 Å². The molecule has 1 aromatic rings. The predicted octanol–water partition coefficient (Wildman–Crippen LogP) is 1.69. The lowest BCUT2D eigenvalue weighted by Gasteiger charge is -2.16. The van der Waals surface area contributed by atoms with Gasteiger partial charge in [-0.2, -0.15) is 0 Å². The second-order valence-corrected chi connectivity index (χ2v) is 8.40. The van der Waals surface area contributed by atoms with Crippen LogP contribution < -0.4 is 21.5 Å². The van der Waals surface area contributed by atoms with Crippen LogP contribution in [0.25, 0.3) is 0 Å². The molecule has 0 heterocycles. The van der Waals surface area contributed by atoms with E-state index in [2.05, 4.69) is 10.6 Å². The minimum atomic E-state index is -3.77. The van der Waals surface area contributed by atoms with Crippen molar-refractivity contribution in [2.24, 2.45) is 10.9 Å². The molecule has 6 N–H and O–H groups in total.